The fraction of sp³-hybridized carbons (Fsp3) is 0.650. The number of carbonyl (C=O) groups is 1. The first kappa shape index (κ1) is 20.1. The van der Waals surface area contributed by atoms with Gasteiger partial charge in [-0.2, -0.15) is 0 Å². The van der Waals surface area contributed by atoms with Gasteiger partial charge in [0.15, 0.2) is 23.7 Å². The molecule has 4 nitrogen and oxygen atoms in total. The van der Waals surface area contributed by atoms with Crippen LogP contribution < -0.4 is 4.74 Å². The molecule has 2 aliphatic rings. The van der Waals surface area contributed by atoms with E-state index in [9.17, 15) is 18.0 Å². The van der Waals surface area contributed by atoms with Crippen LogP contribution in [0.25, 0.3) is 0 Å². The van der Waals surface area contributed by atoms with Crippen LogP contribution in [0.15, 0.2) is 12.1 Å². The van der Waals surface area contributed by atoms with Crippen molar-refractivity contribution in [3.8, 4) is 5.75 Å². The summed E-state index contributed by atoms with van der Waals surface area (Å²) in [4.78, 5) is 12.2. The van der Waals surface area contributed by atoms with Gasteiger partial charge in [0.2, 0.25) is 0 Å². The summed E-state index contributed by atoms with van der Waals surface area (Å²) < 4.78 is 56.2. The summed E-state index contributed by atoms with van der Waals surface area (Å²) >= 11 is 0. The molecule has 0 radical (unpaired) electrons. The molecule has 1 aromatic rings. The normalized spacial score (nSPS) is 28.7. The van der Waals surface area contributed by atoms with Crippen molar-refractivity contribution < 1.29 is 32.2 Å². The van der Waals surface area contributed by atoms with E-state index in [1.165, 1.54) is 0 Å². The maximum absolute atomic E-state index is 13.2. The number of hydrogen-bond donors (Lipinski definition) is 0. The van der Waals surface area contributed by atoms with E-state index in [-0.39, 0.29) is 23.9 Å². The van der Waals surface area contributed by atoms with Crippen LogP contribution in [0.3, 0.4) is 0 Å². The zero-order valence-electron chi connectivity index (χ0n) is 15.4. The van der Waals surface area contributed by atoms with Gasteiger partial charge in [0, 0.05) is 24.0 Å². The molecule has 1 heterocycles. The number of rotatable bonds is 5. The Morgan fingerprint density at radius 1 is 1.07 bits per heavy atom. The van der Waals surface area contributed by atoms with Crippen molar-refractivity contribution in [2.75, 3.05) is 13.2 Å². The predicted octanol–water partition coefficient (Wildman–Crippen LogP) is 4.60. The Labute approximate surface area is 157 Å². The average molecular weight is 386 g/mol. The summed E-state index contributed by atoms with van der Waals surface area (Å²) in [7, 11) is 0. The molecule has 0 amide bonds. The third kappa shape index (κ3) is 5.02. The van der Waals surface area contributed by atoms with Crippen molar-refractivity contribution in [3.63, 3.8) is 0 Å². The molecule has 27 heavy (non-hydrogen) atoms. The highest BCUT2D eigenvalue weighted by molar-refractivity contribution is 5.75. The molecule has 0 aromatic heterocycles. The third-order valence-corrected chi connectivity index (χ3v) is 5.36. The largest absolute Gasteiger partial charge is 0.426 e. The molecule has 2 fully saturated rings. The lowest BCUT2D eigenvalue weighted by Crippen LogP contribution is -2.39. The second kappa shape index (κ2) is 9.06. The topological polar surface area (TPSA) is 44.8 Å². The number of halogens is 3. The van der Waals surface area contributed by atoms with Crippen LogP contribution in [0.4, 0.5) is 13.2 Å². The zero-order valence-corrected chi connectivity index (χ0v) is 15.4. The van der Waals surface area contributed by atoms with E-state index >= 15 is 0 Å². The maximum atomic E-state index is 13.2. The minimum absolute atomic E-state index is 0.227. The first-order valence-corrected chi connectivity index (χ1v) is 9.57. The summed E-state index contributed by atoms with van der Waals surface area (Å²) in [5.41, 5.74) is 0. The van der Waals surface area contributed by atoms with E-state index in [2.05, 4.69) is 6.92 Å². The zero-order chi connectivity index (χ0) is 19.4. The van der Waals surface area contributed by atoms with Crippen molar-refractivity contribution in [1.29, 1.82) is 0 Å². The second-order valence-electron chi connectivity index (χ2n) is 7.42. The molecule has 0 unspecified atom stereocenters. The van der Waals surface area contributed by atoms with E-state index in [1.807, 2.05) is 0 Å². The first-order chi connectivity index (χ1) is 13.0. The molecule has 1 saturated heterocycles. The lowest BCUT2D eigenvalue weighted by atomic mass is 9.81. The Kier molecular flexibility index (Phi) is 6.76. The van der Waals surface area contributed by atoms with Gasteiger partial charge in [-0.1, -0.05) is 13.3 Å². The van der Waals surface area contributed by atoms with Crippen LogP contribution in [0, 0.1) is 35.2 Å². The molecule has 3 rings (SSSR count). The third-order valence-electron chi connectivity index (χ3n) is 5.36. The molecule has 1 saturated carbocycles. The van der Waals surface area contributed by atoms with Gasteiger partial charge in [-0.3, -0.25) is 4.79 Å². The number of ether oxygens (including phenoxy) is 3. The summed E-state index contributed by atoms with van der Waals surface area (Å²) in [6.07, 6.45) is 4.68. The Bertz CT molecular complexity index is 628. The van der Waals surface area contributed by atoms with Gasteiger partial charge in [-0.25, -0.2) is 13.2 Å². The molecule has 1 aliphatic heterocycles. The van der Waals surface area contributed by atoms with E-state index in [4.69, 9.17) is 14.2 Å². The monoisotopic (exact) mass is 386 g/mol. The van der Waals surface area contributed by atoms with Crippen molar-refractivity contribution in [2.24, 2.45) is 17.8 Å². The van der Waals surface area contributed by atoms with Gasteiger partial charge in [-0.15, -0.1) is 0 Å². The molecular weight excluding hydrogens is 361 g/mol. The van der Waals surface area contributed by atoms with E-state index < -0.39 is 23.4 Å². The number of esters is 1. The predicted molar refractivity (Wildman–Crippen MR) is 91.5 cm³/mol. The summed E-state index contributed by atoms with van der Waals surface area (Å²) in [6, 6.07) is 1.36. The van der Waals surface area contributed by atoms with Gasteiger partial charge in [0.25, 0.3) is 0 Å². The molecule has 7 heteroatoms. The van der Waals surface area contributed by atoms with Crippen LogP contribution >= 0.6 is 0 Å². The Balaban J connectivity index is 1.47. The highest BCUT2D eigenvalue weighted by Gasteiger charge is 2.35. The smallest absolute Gasteiger partial charge is 0.314 e. The second-order valence-corrected chi connectivity index (χ2v) is 7.42. The minimum Gasteiger partial charge on any atom is -0.426 e. The van der Waals surface area contributed by atoms with Gasteiger partial charge in [-0.05, 0) is 32.1 Å². The molecule has 150 valence electrons. The molecule has 1 aliphatic carbocycles. The SMILES string of the molecule is CCCC1COC(C2CCC(C(=O)Oc3cc(F)c(F)c(F)c3)CC2)OC1. The molecule has 0 atom stereocenters. The fourth-order valence-electron chi connectivity index (χ4n) is 3.82. The van der Waals surface area contributed by atoms with Crippen LogP contribution in [-0.4, -0.2) is 25.5 Å². The summed E-state index contributed by atoms with van der Waals surface area (Å²) in [5.74, 6) is -4.88. The summed E-state index contributed by atoms with van der Waals surface area (Å²) in [5, 5.41) is 0. The van der Waals surface area contributed by atoms with E-state index in [0.29, 0.717) is 44.1 Å². The van der Waals surface area contributed by atoms with Crippen LogP contribution in [-0.2, 0) is 14.3 Å². The Morgan fingerprint density at radius 3 is 2.22 bits per heavy atom. The van der Waals surface area contributed by atoms with Crippen molar-refractivity contribution in [2.45, 2.75) is 51.7 Å². The quantitative estimate of drug-likeness (QED) is 0.421. The summed E-state index contributed by atoms with van der Waals surface area (Å²) in [6.45, 7) is 3.56. The van der Waals surface area contributed by atoms with Gasteiger partial charge in [0.05, 0.1) is 19.1 Å². The molecule has 1 aromatic carbocycles. The van der Waals surface area contributed by atoms with Crippen molar-refractivity contribution in [1.82, 2.24) is 0 Å². The van der Waals surface area contributed by atoms with Crippen LogP contribution in [0.1, 0.15) is 45.4 Å². The average Bonchev–Trinajstić information content (AvgIpc) is 2.67. The Morgan fingerprint density at radius 2 is 1.67 bits per heavy atom. The lowest BCUT2D eigenvalue weighted by Gasteiger charge is -2.37. The number of carbonyl (C=O) groups excluding carboxylic acids is 1. The highest BCUT2D eigenvalue weighted by Crippen LogP contribution is 2.35. The molecule has 0 spiro atoms. The minimum atomic E-state index is -1.58. The van der Waals surface area contributed by atoms with E-state index in [1.54, 1.807) is 0 Å². The number of hydrogen-bond acceptors (Lipinski definition) is 4. The highest BCUT2D eigenvalue weighted by atomic mass is 19.2. The standard InChI is InChI=1S/C20H25F3O4/c1-2-3-12-10-25-20(26-11-12)14-6-4-13(5-7-14)19(24)27-15-8-16(21)18(23)17(22)9-15/h8-9,12-14,20H,2-7,10-11H2,1H3. The maximum Gasteiger partial charge on any atom is 0.314 e. The van der Waals surface area contributed by atoms with Gasteiger partial charge >= 0.3 is 5.97 Å². The van der Waals surface area contributed by atoms with Crippen LogP contribution in [0.2, 0.25) is 0 Å². The fourth-order valence-corrected chi connectivity index (χ4v) is 3.82. The molecular formula is C20H25F3O4. The Hall–Kier alpha value is -1.60. The van der Waals surface area contributed by atoms with Crippen molar-refractivity contribution >= 4 is 5.97 Å². The van der Waals surface area contributed by atoms with Crippen LogP contribution in [0.5, 0.6) is 5.75 Å². The van der Waals surface area contributed by atoms with Gasteiger partial charge < -0.3 is 14.2 Å². The first-order valence-electron chi connectivity index (χ1n) is 9.57. The van der Waals surface area contributed by atoms with E-state index in [0.717, 1.165) is 25.7 Å². The van der Waals surface area contributed by atoms with Crippen molar-refractivity contribution in [3.05, 3.63) is 29.6 Å². The molecule has 0 N–H and O–H groups in total. The van der Waals surface area contributed by atoms with Gasteiger partial charge in [0.1, 0.15) is 5.75 Å². The lowest BCUT2D eigenvalue weighted by molar-refractivity contribution is -0.230. The molecule has 0 bridgehead atoms. The number of benzene rings is 1.